The molecule has 1 aliphatic heterocycles. The van der Waals surface area contributed by atoms with E-state index in [1.807, 2.05) is 90.6 Å². The number of halogens is 4. The van der Waals surface area contributed by atoms with Crippen LogP contribution in [0.15, 0.2) is 127 Å². The van der Waals surface area contributed by atoms with Crippen LogP contribution in [0, 0.1) is 0 Å². The van der Waals surface area contributed by atoms with Crippen molar-refractivity contribution in [2.45, 2.75) is 19.4 Å². The second-order valence-corrected chi connectivity index (χ2v) is 16.2. The summed E-state index contributed by atoms with van der Waals surface area (Å²) in [5.41, 5.74) is 7.17. The van der Waals surface area contributed by atoms with Gasteiger partial charge in [0.2, 0.25) is 0 Å². The molecule has 5 aromatic rings. The summed E-state index contributed by atoms with van der Waals surface area (Å²) in [4.78, 5) is 18.6. The fourth-order valence-electron chi connectivity index (χ4n) is 6.73. The van der Waals surface area contributed by atoms with Gasteiger partial charge >= 0.3 is 5.97 Å². The number of rotatable bonds is 12. The molecule has 1 aliphatic rings. The Morgan fingerprint density at radius 1 is 0.611 bits per heavy atom. The summed E-state index contributed by atoms with van der Waals surface area (Å²) in [5, 5.41) is 0. The molecule has 0 N–H and O–H groups in total. The van der Waals surface area contributed by atoms with Crippen LogP contribution in [0.25, 0.3) is 11.1 Å². The Balaban J connectivity index is 1.79. The fourth-order valence-corrected chi connectivity index (χ4v) is 9.32. The molecule has 0 spiro atoms. The van der Waals surface area contributed by atoms with Crippen molar-refractivity contribution < 1.29 is 19.0 Å². The lowest BCUT2D eigenvalue weighted by Gasteiger charge is -2.29. The van der Waals surface area contributed by atoms with Crippen LogP contribution >= 0.6 is 63.7 Å². The van der Waals surface area contributed by atoms with Crippen molar-refractivity contribution in [3.05, 3.63) is 160 Å². The molecule has 0 bridgehead atoms. The van der Waals surface area contributed by atoms with Crippen molar-refractivity contribution in [2.24, 2.45) is 0 Å². The number of anilines is 2. The van der Waals surface area contributed by atoms with Gasteiger partial charge in [-0.1, -0.05) is 60.7 Å². The molecule has 6 nitrogen and oxygen atoms in total. The van der Waals surface area contributed by atoms with Gasteiger partial charge < -0.3 is 24.0 Å². The molecule has 1 heterocycles. The predicted molar refractivity (Wildman–Crippen MR) is 235 cm³/mol. The van der Waals surface area contributed by atoms with Gasteiger partial charge in [0.1, 0.15) is 11.5 Å². The Kier molecular flexibility index (Phi) is 12.5. The summed E-state index contributed by atoms with van der Waals surface area (Å²) in [5.74, 6) is 1.08. The fraction of sp³-hybridized carbons (Fsp3) is 0.205. The molecule has 0 saturated carbocycles. The van der Waals surface area contributed by atoms with Gasteiger partial charge in [-0.05, 0) is 148 Å². The number of carbonyl (C=O) groups is 1. The van der Waals surface area contributed by atoms with Crippen LogP contribution in [-0.4, -0.2) is 47.4 Å². The number of fused-ring (bicyclic) bond motifs is 1. The van der Waals surface area contributed by atoms with E-state index in [0.29, 0.717) is 37.8 Å². The van der Waals surface area contributed by atoms with Gasteiger partial charge in [-0.2, -0.15) is 0 Å². The largest absolute Gasteiger partial charge is 0.494 e. The van der Waals surface area contributed by atoms with Crippen LogP contribution in [-0.2, 0) is 10.3 Å². The van der Waals surface area contributed by atoms with E-state index < -0.39 is 11.6 Å². The van der Waals surface area contributed by atoms with Gasteiger partial charge in [-0.3, -0.25) is 0 Å². The Labute approximate surface area is 351 Å². The van der Waals surface area contributed by atoms with Crippen molar-refractivity contribution in [2.75, 3.05) is 51.2 Å². The summed E-state index contributed by atoms with van der Waals surface area (Å²) in [6.07, 6.45) is 4.16. The Bertz CT molecular complexity index is 2130. The van der Waals surface area contributed by atoms with Gasteiger partial charge in [0.25, 0.3) is 0 Å². The Morgan fingerprint density at radius 2 is 1.02 bits per heavy atom. The summed E-state index contributed by atoms with van der Waals surface area (Å²) >= 11 is 15.2. The highest BCUT2D eigenvalue weighted by Crippen LogP contribution is 2.54. The first kappa shape index (κ1) is 39.9. The summed E-state index contributed by atoms with van der Waals surface area (Å²) in [6.45, 7) is 5.05. The lowest BCUT2D eigenvalue weighted by atomic mass is 9.82. The van der Waals surface area contributed by atoms with Crippen LogP contribution in [0.2, 0.25) is 0 Å². The molecular weight excluding hydrogens is 940 g/mol. The zero-order chi connectivity index (χ0) is 38.7. The first-order chi connectivity index (χ1) is 25.9. The van der Waals surface area contributed by atoms with E-state index in [4.69, 9.17) is 14.2 Å². The second-order valence-electron chi connectivity index (χ2n) is 13.0. The molecule has 0 fully saturated rings. The van der Waals surface area contributed by atoms with Gasteiger partial charge in [0.05, 0.1) is 18.8 Å². The number of esters is 1. The zero-order valence-corrected chi connectivity index (χ0v) is 37.2. The molecule has 278 valence electrons. The first-order valence-electron chi connectivity index (χ1n) is 17.5. The molecule has 5 aromatic carbocycles. The number of cyclic esters (lactones) is 1. The van der Waals surface area contributed by atoms with E-state index >= 15 is 0 Å². The number of nitrogens with zero attached hydrogens (tertiary/aromatic N) is 2. The Hall–Kier alpha value is -3.83. The molecule has 0 saturated heterocycles. The molecule has 6 rings (SSSR count). The lowest BCUT2D eigenvalue weighted by molar-refractivity contribution is 0.0298. The first-order valence-corrected chi connectivity index (χ1v) is 20.6. The number of hydrogen-bond donors (Lipinski definition) is 0. The van der Waals surface area contributed by atoms with E-state index in [1.165, 1.54) is 0 Å². The van der Waals surface area contributed by atoms with Gasteiger partial charge in [0, 0.05) is 74.1 Å². The van der Waals surface area contributed by atoms with Crippen LogP contribution in [0.1, 0.15) is 52.0 Å². The van der Waals surface area contributed by atoms with Crippen LogP contribution in [0.5, 0.6) is 11.5 Å². The van der Waals surface area contributed by atoms with E-state index in [9.17, 15) is 4.79 Å². The van der Waals surface area contributed by atoms with Gasteiger partial charge in [0.15, 0.2) is 5.60 Å². The third-order valence-corrected chi connectivity index (χ3v) is 13.9. The standard InChI is InChI=1S/C44H40Br4N2O4/c1-7-52-29-21-17-27(18-22-29)33(31-13-9-11-15-35(31)49(3)4)25-44(38-37(43(51)54-44)39(45)41(47)42(48)40(38)46)26-34(28-19-23-30(24-20-28)53-8-2)32-14-10-12-16-36(32)50(5)6/h9-26H,7-8H2,1-6H3. The number of carbonyl (C=O) groups excluding carboxylic acids is 1. The highest BCUT2D eigenvalue weighted by Gasteiger charge is 2.48. The molecule has 0 atom stereocenters. The average Bonchev–Trinajstić information content (AvgIpc) is 3.46. The number of para-hydroxylation sites is 2. The molecule has 0 unspecified atom stereocenters. The minimum atomic E-state index is -1.43. The van der Waals surface area contributed by atoms with Crippen LogP contribution in [0.3, 0.4) is 0 Å². The third kappa shape index (κ3) is 7.81. The zero-order valence-electron chi connectivity index (χ0n) is 30.8. The van der Waals surface area contributed by atoms with E-state index in [2.05, 4.69) is 134 Å². The number of hydrogen-bond acceptors (Lipinski definition) is 6. The number of benzene rings is 5. The predicted octanol–water partition coefficient (Wildman–Crippen LogP) is 12.3. The lowest BCUT2D eigenvalue weighted by Crippen LogP contribution is -2.24. The summed E-state index contributed by atoms with van der Waals surface area (Å²) in [7, 11) is 8.11. The molecule has 0 aromatic heterocycles. The van der Waals surface area contributed by atoms with E-state index in [-0.39, 0.29) is 0 Å². The monoisotopic (exact) mass is 976 g/mol. The van der Waals surface area contributed by atoms with Crippen molar-refractivity contribution in [1.29, 1.82) is 0 Å². The molecule has 0 aliphatic carbocycles. The third-order valence-electron chi connectivity index (χ3n) is 9.15. The Morgan fingerprint density at radius 3 is 1.43 bits per heavy atom. The smallest absolute Gasteiger partial charge is 0.341 e. The molecular formula is C44H40Br4N2O4. The van der Waals surface area contributed by atoms with E-state index in [0.717, 1.165) is 60.7 Å². The second kappa shape index (κ2) is 16.9. The average molecular weight is 980 g/mol. The van der Waals surface area contributed by atoms with Crippen LogP contribution < -0.4 is 19.3 Å². The quantitative estimate of drug-likeness (QED) is 0.0705. The van der Waals surface area contributed by atoms with Crippen molar-refractivity contribution in [1.82, 2.24) is 0 Å². The minimum Gasteiger partial charge on any atom is -0.494 e. The number of ether oxygens (including phenoxy) is 3. The van der Waals surface area contributed by atoms with Crippen LogP contribution in [0.4, 0.5) is 11.4 Å². The summed E-state index contributed by atoms with van der Waals surface area (Å²) < 4.78 is 21.2. The van der Waals surface area contributed by atoms with Gasteiger partial charge in [-0.25, -0.2) is 4.79 Å². The van der Waals surface area contributed by atoms with Crippen molar-refractivity contribution >= 4 is 92.2 Å². The maximum absolute atomic E-state index is 14.4. The normalized spacial score (nSPS) is 15.5. The van der Waals surface area contributed by atoms with Crippen molar-refractivity contribution in [3.63, 3.8) is 0 Å². The summed E-state index contributed by atoms with van der Waals surface area (Å²) in [6, 6.07) is 32.6. The minimum absolute atomic E-state index is 0.420. The molecule has 0 radical (unpaired) electrons. The SMILES string of the molecule is CCOc1ccc(C(=CC2(C=C(c3ccc(OCC)cc3)c3ccccc3N(C)C)OC(=O)c3c(Br)c(Br)c(Br)c(Br)c32)c2ccccc2N(C)C)cc1. The van der Waals surface area contributed by atoms with Gasteiger partial charge in [-0.15, -0.1) is 0 Å². The maximum atomic E-state index is 14.4. The van der Waals surface area contributed by atoms with E-state index in [1.54, 1.807) is 0 Å². The molecule has 54 heavy (non-hydrogen) atoms. The van der Waals surface area contributed by atoms with Crippen molar-refractivity contribution in [3.8, 4) is 11.5 Å². The molecule has 0 amide bonds. The highest BCUT2D eigenvalue weighted by molar-refractivity contribution is 9.15. The maximum Gasteiger partial charge on any atom is 0.341 e. The highest BCUT2D eigenvalue weighted by atomic mass is 79.9. The molecule has 10 heteroatoms. The topological polar surface area (TPSA) is 51.2 Å².